The second-order valence-corrected chi connectivity index (χ2v) is 7.47. The highest BCUT2D eigenvalue weighted by molar-refractivity contribution is 5.79. The molecule has 0 saturated carbocycles. The lowest BCUT2D eigenvalue weighted by Crippen LogP contribution is -2.30. The van der Waals surface area contributed by atoms with Crippen LogP contribution in [0.5, 0.6) is 0 Å². The number of hydrogen-bond donors (Lipinski definition) is 3. The van der Waals surface area contributed by atoms with Gasteiger partial charge in [-0.1, -0.05) is 48.5 Å². The number of ether oxygens (including phenoxy) is 1. The molecule has 7 nitrogen and oxygen atoms in total. The van der Waals surface area contributed by atoms with E-state index in [1.54, 1.807) is 24.0 Å². The van der Waals surface area contributed by atoms with Gasteiger partial charge in [-0.15, -0.1) is 0 Å². The summed E-state index contributed by atoms with van der Waals surface area (Å²) in [4.78, 5) is 12.2. The van der Waals surface area contributed by atoms with Crippen molar-refractivity contribution >= 4 is 6.09 Å². The number of aromatic nitrogens is 2. The van der Waals surface area contributed by atoms with Crippen LogP contribution in [-0.4, -0.2) is 45.3 Å². The van der Waals surface area contributed by atoms with E-state index < -0.39 is 18.3 Å². The lowest BCUT2D eigenvalue weighted by atomic mass is 9.98. The van der Waals surface area contributed by atoms with Gasteiger partial charge < -0.3 is 20.3 Å². The number of alkyl carbamates (subject to hydrolysis) is 1. The number of carbonyl (C=O) groups is 1. The van der Waals surface area contributed by atoms with Gasteiger partial charge in [0, 0.05) is 25.7 Å². The molecule has 156 valence electrons. The highest BCUT2D eigenvalue weighted by Gasteiger charge is 2.29. The molecule has 1 aliphatic rings. The Kier molecular flexibility index (Phi) is 5.83. The molecular weight excluding hydrogens is 382 g/mol. The van der Waals surface area contributed by atoms with Crippen LogP contribution in [0.15, 0.2) is 60.8 Å². The van der Waals surface area contributed by atoms with E-state index in [-0.39, 0.29) is 25.5 Å². The third-order valence-electron chi connectivity index (χ3n) is 5.45. The van der Waals surface area contributed by atoms with Gasteiger partial charge in [-0.2, -0.15) is 5.10 Å². The van der Waals surface area contributed by atoms with Gasteiger partial charge in [0.1, 0.15) is 12.7 Å². The first-order valence-corrected chi connectivity index (χ1v) is 9.99. The first kappa shape index (κ1) is 20.1. The normalized spacial score (nSPS) is 14.6. The van der Waals surface area contributed by atoms with Crippen LogP contribution in [0.2, 0.25) is 0 Å². The molecule has 3 N–H and O–H groups in total. The molecule has 2 aromatic carbocycles. The summed E-state index contributed by atoms with van der Waals surface area (Å²) in [6.45, 7) is 0.417. The molecule has 2 atom stereocenters. The van der Waals surface area contributed by atoms with Crippen molar-refractivity contribution in [1.82, 2.24) is 15.1 Å². The second-order valence-electron chi connectivity index (χ2n) is 7.47. The number of nitrogens with one attached hydrogen (secondary N) is 1. The molecular formula is C23H25N3O4. The summed E-state index contributed by atoms with van der Waals surface area (Å²) >= 11 is 0. The first-order chi connectivity index (χ1) is 14.5. The average Bonchev–Trinajstić information content (AvgIpc) is 3.33. The van der Waals surface area contributed by atoms with Gasteiger partial charge in [0.2, 0.25) is 0 Å². The molecule has 30 heavy (non-hydrogen) atoms. The molecule has 7 heteroatoms. The Labute approximate surface area is 174 Å². The Morgan fingerprint density at radius 1 is 1.10 bits per heavy atom. The fraction of sp³-hybridized carbons (Fsp3) is 0.304. The summed E-state index contributed by atoms with van der Waals surface area (Å²) in [5.74, 6) is -0.000262. The zero-order chi connectivity index (χ0) is 21.1. The van der Waals surface area contributed by atoms with Crippen molar-refractivity contribution in [2.75, 3.05) is 13.2 Å². The molecule has 1 heterocycles. The second kappa shape index (κ2) is 8.69. The molecule has 2 unspecified atom stereocenters. The predicted molar refractivity (Wildman–Crippen MR) is 112 cm³/mol. The number of fused-ring (bicyclic) bond motifs is 3. The Morgan fingerprint density at radius 3 is 2.33 bits per heavy atom. The van der Waals surface area contributed by atoms with Crippen LogP contribution >= 0.6 is 0 Å². The maximum Gasteiger partial charge on any atom is 0.407 e. The van der Waals surface area contributed by atoms with Crippen molar-refractivity contribution in [2.45, 2.75) is 24.5 Å². The van der Waals surface area contributed by atoms with Gasteiger partial charge in [-0.25, -0.2) is 4.79 Å². The number of amides is 1. The van der Waals surface area contributed by atoms with Crippen LogP contribution in [0.1, 0.15) is 35.3 Å². The lowest BCUT2D eigenvalue weighted by molar-refractivity contribution is 0.0109. The molecule has 0 bridgehead atoms. The number of aliphatic hydroxyl groups excluding tert-OH is 2. The summed E-state index contributed by atoms with van der Waals surface area (Å²) in [5, 5.41) is 27.0. The SMILES string of the molecule is Cn1ccc(C(O)C(O)CCNC(=O)OCC2c3ccccc3-c3ccccc32)n1. The van der Waals surface area contributed by atoms with E-state index >= 15 is 0 Å². The maximum atomic E-state index is 12.2. The minimum Gasteiger partial charge on any atom is -0.449 e. The minimum absolute atomic E-state index is 0.000262. The predicted octanol–water partition coefficient (Wildman–Crippen LogP) is 2.74. The summed E-state index contributed by atoms with van der Waals surface area (Å²) in [6, 6.07) is 18.0. The molecule has 0 radical (unpaired) electrons. The van der Waals surface area contributed by atoms with Crippen molar-refractivity contribution < 1.29 is 19.7 Å². The van der Waals surface area contributed by atoms with Gasteiger partial charge in [0.25, 0.3) is 0 Å². The first-order valence-electron chi connectivity index (χ1n) is 9.99. The van der Waals surface area contributed by atoms with Crippen molar-refractivity contribution in [3.05, 3.63) is 77.6 Å². The lowest BCUT2D eigenvalue weighted by Gasteiger charge is -2.17. The van der Waals surface area contributed by atoms with Crippen LogP contribution in [-0.2, 0) is 11.8 Å². The third kappa shape index (κ3) is 4.08. The van der Waals surface area contributed by atoms with Crippen molar-refractivity contribution in [3.8, 4) is 11.1 Å². The van der Waals surface area contributed by atoms with Gasteiger partial charge in [0.05, 0.1) is 11.8 Å². The maximum absolute atomic E-state index is 12.2. The fourth-order valence-electron chi connectivity index (χ4n) is 3.92. The molecule has 0 saturated heterocycles. The van der Waals surface area contributed by atoms with E-state index in [9.17, 15) is 15.0 Å². The number of hydrogen-bond acceptors (Lipinski definition) is 5. The van der Waals surface area contributed by atoms with Crippen LogP contribution in [0, 0.1) is 0 Å². The minimum atomic E-state index is -1.10. The Balaban J connectivity index is 1.28. The fourth-order valence-corrected chi connectivity index (χ4v) is 3.92. The van der Waals surface area contributed by atoms with Crippen molar-refractivity contribution in [2.24, 2.45) is 7.05 Å². The number of carbonyl (C=O) groups excluding carboxylic acids is 1. The summed E-state index contributed by atoms with van der Waals surface area (Å²) in [5.41, 5.74) is 5.05. The zero-order valence-electron chi connectivity index (χ0n) is 16.7. The smallest absolute Gasteiger partial charge is 0.407 e. The van der Waals surface area contributed by atoms with Gasteiger partial charge in [-0.05, 0) is 34.7 Å². The Hall–Kier alpha value is -3.16. The topological polar surface area (TPSA) is 96.6 Å². The average molecular weight is 407 g/mol. The highest BCUT2D eigenvalue weighted by atomic mass is 16.5. The summed E-state index contributed by atoms with van der Waals surface area (Å²) in [7, 11) is 1.74. The van der Waals surface area contributed by atoms with Crippen LogP contribution in [0.3, 0.4) is 0 Å². The summed E-state index contributed by atoms with van der Waals surface area (Å²) in [6.07, 6.45) is -0.803. The quantitative estimate of drug-likeness (QED) is 0.560. The zero-order valence-corrected chi connectivity index (χ0v) is 16.7. The number of aryl methyl sites for hydroxylation is 1. The van der Waals surface area contributed by atoms with Gasteiger partial charge >= 0.3 is 6.09 Å². The van der Waals surface area contributed by atoms with E-state index in [1.807, 2.05) is 24.3 Å². The molecule has 0 fully saturated rings. The number of nitrogens with zero attached hydrogens (tertiary/aromatic N) is 2. The molecule has 0 spiro atoms. The van der Waals surface area contributed by atoms with E-state index in [0.29, 0.717) is 5.69 Å². The standard InChI is InChI=1S/C23H25N3O4/c1-26-13-11-20(25-26)22(28)21(27)10-12-24-23(29)30-14-19-17-8-4-2-6-15(17)16-7-3-5-9-18(16)19/h2-9,11,13,19,21-22,27-28H,10,12,14H2,1H3,(H,24,29). The number of aliphatic hydroxyl groups is 2. The molecule has 3 aromatic rings. The molecule has 1 aromatic heterocycles. The van der Waals surface area contributed by atoms with Gasteiger partial charge in [-0.3, -0.25) is 4.68 Å². The molecule has 1 amide bonds. The van der Waals surface area contributed by atoms with Crippen LogP contribution < -0.4 is 5.32 Å². The van der Waals surface area contributed by atoms with E-state index in [1.165, 1.54) is 11.1 Å². The Morgan fingerprint density at radius 2 is 1.73 bits per heavy atom. The van der Waals surface area contributed by atoms with E-state index in [2.05, 4.69) is 34.7 Å². The number of benzene rings is 2. The van der Waals surface area contributed by atoms with E-state index in [4.69, 9.17) is 4.74 Å². The van der Waals surface area contributed by atoms with E-state index in [0.717, 1.165) is 11.1 Å². The van der Waals surface area contributed by atoms with Crippen LogP contribution in [0.4, 0.5) is 4.79 Å². The van der Waals surface area contributed by atoms with Crippen molar-refractivity contribution in [3.63, 3.8) is 0 Å². The highest BCUT2D eigenvalue weighted by Crippen LogP contribution is 2.44. The van der Waals surface area contributed by atoms with Crippen LogP contribution in [0.25, 0.3) is 11.1 Å². The summed E-state index contributed by atoms with van der Waals surface area (Å²) < 4.78 is 7.02. The molecule has 0 aliphatic heterocycles. The van der Waals surface area contributed by atoms with Gasteiger partial charge in [0.15, 0.2) is 0 Å². The molecule has 1 aliphatic carbocycles. The van der Waals surface area contributed by atoms with Crippen molar-refractivity contribution in [1.29, 1.82) is 0 Å². The third-order valence-corrected chi connectivity index (χ3v) is 5.45. The Bertz CT molecular complexity index is 987. The molecule has 4 rings (SSSR count). The monoisotopic (exact) mass is 407 g/mol. The number of rotatable bonds is 7. The largest absolute Gasteiger partial charge is 0.449 e.